The zero-order valence-electron chi connectivity index (χ0n) is 16.0. The van der Waals surface area contributed by atoms with Crippen molar-refractivity contribution in [2.45, 2.75) is 20.8 Å². The standard InChI is InChI=1S/C21H22N2O5/c1-4-27-20(25)16-6-10-18(11-7-16)22-14-23(15(3)24)19-12-8-17(9-13-19)21(26)28-5-2/h6-14H,4-5H2,1-3H3. The molecule has 0 N–H and O–H groups in total. The van der Waals surface area contributed by atoms with Crippen molar-refractivity contribution >= 4 is 35.6 Å². The molecular weight excluding hydrogens is 360 g/mol. The quantitative estimate of drug-likeness (QED) is 0.414. The van der Waals surface area contributed by atoms with Crippen molar-refractivity contribution in [1.82, 2.24) is 0 Å². The third-order valence-corrected chi connectivity index (χ3v) is 3.70. The smallest absolute Gasteiger partial charge is 0.338 e. The van der Waals surface area contributed by atoms with Crippen molar-refractivity contribution in [2.75, 3.05) is 18.1 Å². The second-order valence-corrected chi connectivity index (χ2v) is 5.67. The van der Waals surface area contributed by atoms with Crippen LogP contribution in [0.1, 0.15) is 41.5 Å². The summed E-state index contributed by atoms with van der Waals surface area (Å²) in [5.74, 6) is -1.06. The zero-order valence-corrected chi connectivity index (χ0v) is 16.0. The summed E-state index contributed by atoms with van der Waals surface area (Å²) in [6.45, 7) is 5.49. The number of anilines is 1. The van der Waals surface area contributed by atoms with E-state index in [0.717, 1.165) is 0 Å². The maximum atomic E-state index is 12.0. The van der Waals surface area contributed by atoms with Crippen molar-refractivity contribution in [3.05, 3.63) is 59.7 Å². The van der Waals surface area contributed by atoms with E-state index in [2.05, 4.69) is 4.99 Å². The number of esters is 2. The molecule has 146 valence electrons. The molecule has 0 aliphatic carbocycles. The van der Waals surface area contributed by atoms with Gasteiger partial charge < -0.3 is 9.47 Å². The molecule has 1 amide bonds. The number of benzene rings is 2. The number of carbonyl (C=O) groups is 3. The molecule has 0 aromatic heterocycles. The van der Waals surface area contributed by atoms with Crippen LogP contribution in [0.3, 0.4) is 0 Å². The molecule has 0 unspecified atom stereocenters. The number of hydrogen-bond donors (Lipinski definition) is 0. The van der Waals surface area contributed by atoms with E-state index < -0.39 is 11.9 Å². The second kappa shape index (κ2) is 10.0. The van der Waals surface area contributed by atoms with E-state index >= 15 is 0 Å². The summed E-state index contributed by atoms with van der Waals surface area (Å²) in [6, 6.07) is 13.0. The Hall–Kier alpha value is -3.48. The molecule has 7 nitrogen and oxygen atoms in total. The predicted octanol–water partition coefficient (Wildman–Crippen LogP) is 3.75. The number of hydrogen-bond acceptors (Lipinski definition) is 6. The first-order valence-corrected chi connectivity index (χ1v) is 8.84. The largest absolute Gasteiger partial charge is 0.462 e. The number of ether oxygens (including phenoxy) is 2. The van der Waals surface area contributed by atoms with Gasteiger partial charge in [0, 0.05) is 12.6 Å². The monoisotopic (exact) mass is 382 g/mol. The molecule has 0 aliphatic rings. The van der Waals surface area contributed by atoms with Crippen molar-refractivity contribution in [2.24, 2.45) is 4.99 Å². The van der Waals surface area contributed by atoms with Gasteiger partial charge in [-0.3, -0.25) is 9.69 Å². The summed E-state index contributed by atoms with van der Waals surface area (Å²) < 4.78 is 9.88. The zero-order chi connectivity index (χ0) is 20.5. The summed E-state index contributed by atoms with van der Waals surface area (Å²) in [6.07, 6.45) is 1.39. The average Bonchev–Trinajstić information content (AvgIpc) is 2.69. The Morgan fingerprint density at radius 1 is 0.857 bits per heavy atom. The van der Waals surface area contributed by atoms with E-state index in [4.69, 9.17) is 9.47 Å². The number of carbonyl (C=O) groups excluding carboxylic acids is 3. The summed E-state index contributed by atoms with van der Waals surface area (Å²) in [4.78, 5) is 41.0. The van der Waals surface area contributed by atoms with Crippen LogP contribution in [0, 0.1) is 0 Å². The molecule has 2 rings (SSSR count). The highest BCUT2D eigenvalue weighted by atomic mass is 16.5. The third-order valence-electron chi connectivity index (χ3n) is 3.70. The van der Waals surface area contributed by atoms with Gasteiger partial charge in [0.2, 0.25) is 5.91 Å². The van der Waals surface area contributed by atoms with E-state index in [9.17, 15) is 14.4 Å². The van der Waals surface area contributed by atoms with Crippen LogP contribution < -0.4 is 4.90 Å². The van der Waals surface area contributed by atoms with Crippen LogP contribution in [0.25, 0.3) is 0 Å². The van der Waals surface area contributed by atoms with Crippen molar-refractivity contribution in [1.29, 1.82) is 0 Å². The van der Waals surface area contributed by atoms with Gasteiger partial charge in [-0.15, -0.1) is 0 Å². The molecular formula is C21H22N2O5. The number of rotatable bonds is 7. The highest BCUT2D eigenvalue weighted by molar-refractivity contribution is 6.08. The van der Waals surface area contributed by atoms with Crippen molar-refractivity contribution < 1.29 is 23.9 Å². The van der Waals surface area contributed by atoms with Crippen LogP contribution in [0.4, 0.5) is 11.4 Å². The summed E-state index contributed by atoms with van der Waals surface area (Å²) in [5, 5.41) is 0. The van der Waals surface area contributed by atoms with Gasteiger partial charge in [0.25, 0.3) is 0 Å². The fraction of sp³-hybridized carbons (Fsp3) is 0.238. The van der Waals surface area contributed by atoms with Gasteiger partial charge in [-0.05, 0) is 62.4 Å². The highest BCUT2D eigenvalue weighted by Crippen LogP contribution is 2.18. The number of aliphatic imine (C=N–C) groups is 1. The Balaban J connectivity index is 2.15. The maximum Gasteiger partial charge on any atom is 0.338 e. The molecule has 0 spiro atoms. The van der Waals surface area contributed by atoms with Gasteiger partial charge in [-0.25, -0.2) is 14.6 Å². The van der Waals surface area contributed by atoms with E-state index in [-0.39, 0.29) is 5.91 Å². The Bertz CT molecular complexity index is 857. The van der Waals surface area contributed by atoms with E-state index in [0.29, 0.717) is 35.7 Å². The topological polar surface area (TPSA) is 85.3 Å². The Labute approximate surface area is 163 Å². The van der Waals surface area contributed by atoms with Crippen molar-refractivity contribution in [3.8, 4) is 0 Å². The van der Waals surface area contributed by atoms with Crippen LogP contribution in [0.5, 0.6) is 0 Å². The lowest BCUT2D eigenvalue weighted by Gasteiger charge is -2.15. The molecule has 0 fully saturated rings. The highest BCUT2D eigenvalue weighted by Gasteiger charge is 2.12. The van der Waals surface area contributed by atoms with Gasteiger partial charge in [-0.2, -0.15) is 0 Å². The fourth-order valence-corrected chi connectivity index (χ4v) is 2.32. The molecule has 28 heavy (non-hydrogen) atoms. The van der Waals surface area contributed by atoms with E-state index in [1.807, 2.05) is 0 Å². The van der Waals surface area contributed by atoms with E-state index in [1.165, 1.54) is 18.2 Å². The lowest BCUT2D eigenvalue weighted by molar-refractivity contribution is -0.115. The lowest BCUT2D eigenvalue weighted by Crippen LogP contribution is -2.26. The molecule has 0 saturated carbocycles. The first kappa shape index (κ1) is 20.8. The minimum atomic E-state index is -0.418. The number of nitrogens with zero attached hydrogens (tertiary/aromatic N) is 2. The van der Waals surface area contributed by atoms with Gasteiger partial charge >= 0.3 is 11.9 Å². The first-order valence-electron chi connectivity index (χ1n) is 8.84. The average molecular weight is 382 g/mol. The second-order valence-electron chi connectivity index (χ2n) is 5.67. The summed E-state index contributed by atoms with van der Waals surface area (Å²) in [5.41, 5.74) is 1.97. The Morgan fingerprint density at radius 2 is 1.32 bits per heavy atom. The molecule has 0 aliphatic heterocycles. The fourth-order valence-electron chi connectivity index (χ4n) is 2.32. The molecule has 0 saturated heterocycles. The van der Waals surface area contributed by atoms with E-state index in [1.54, 1.807) is 62.4 Å². The minimum Gasteiger partial charge on any atom is -0.462 e. The third kappa shape index (κ3) is 5.51. The molecule has 0 atom stereocenters. The van der Waals surface area contributed by atoms with Gasteiger partial charge in [-0.1, -0.05) is 0 Å². The predicted molar refractivity (Wildman–Crippen MR) is 106 cm³/mol. The Morgan fingerprint density at radius 3 is 1.75 bits per heavy atom. The van der Waals surface area contributed by atoms with Crippen LogP contribution in [-0.2, 0) is 14.3 Å². The van der Waals surface area contributed by atoms with Gasteiger partial charge in [0.05, 0.1) is 30.0 Å². The molecule has 2 aromatic carbocycles. The van der Waals surface area contributed by atoms with Gasteiger partial charge in [0.15, 0.2) is 0 Å². The molecule has 7 heteroatoms. The van der Waals surface area contributed by atoms with Crippen molar-refractivity contribution in [3.63, 3.8) is 0 Å². The molecule has 0 radical (unpaired) electrons. The van der Waals surface area contributed by atoms with Gasteiger partial charge in [0.1, 0.15) is 6.34 Å². The van der Waals surface area contributed by atoms with Crippen LogP contribution >= 0.6 is 0 Å². The van der Waals surface area contributed by atoms with Crippen LogP contribution in [-0.4, -0.2) is 37.4 Å². The Kier molecular flexibility index (Phi) is 7.45. The minimum absolute atomic E-state index is 0.240. The maximum absolute atomic E-state index is 12.0. The number of amides is 1. The normalized spacial score (nSPS) is 10.5. The molecule has 0 heterocycles. The summed E-state index contributed by atoms with van der Waals surface area (Å²) in [7, 11) is 0. The lowest BCUT2D eigenvalue weighted by atomic mass is 10.2. The molecule has 2 aromatic rings. The van der Waals surface area contributed by atoms with Crippen LogP contribution in [0.2, 0.25) is 0 Å². The molecule has 0 bridgehead atoms. The first-order chi connectivity index (χ1) is 13.5. The van der Waals surface area contributed by atoms with Crippen LogP contribution in [0.15, 0.2) is 53.5 Å². The summed E-state index contributed by atoms with van der Waals surface area (Å²) >= 11 is 0. The SMILES string of the molecule is CCOC(=O)c1ccc(N=CN(C(C)=O)c2ccc(C(=O)OCC)cc2)cc1.